The van der Waals surface area contributed by atoms with Crippen molar-refractivity contribution in [3.05, 3.63) is 6.20 Å². The minimum atomic E-state index is 0.792. The van der Waals surface area contributed by atoms with Crippen LogP contribution in [0.25, 0.3) is 0 Å². The van der Waals surface area contributed by atoms with Crippen LogP contribution in [0.1, 0.15) is 0 Å². The summed E-state index contributed by atoms with van der Waals surface area (Å²) in [5, 5.41) is 14.5. The number of hydrogen-bond acceptors (Lipinski definition) is 5. The summed E-state index contributed by atoms with van der Waals surface area (Å²) in [7, 11) is 0. The molecule has 0 N–H and O–H groups in total. The van der Waals surface area contributed by atoms with Crippen LogP contribution >= 0.6 is 11.8 Å². The highest BCUT2D eigenvalue weighted by atomic mass is 32.2. The maximum Gasteiger partial charge on any atom is 0.141 e. The van der Waals surface area contributed by atoms with E-state index in [-0.39, 0.29) is 0 Å². The molecule has 0 aliphatic carbocycles. The lowest BCUT2D eigenvalue weighted by Gasteiger charge is -1.84. The van der Waals surface area contributed by atoms with Crippen LogP contribution in [0.5, 0.6) is 0 Å². The zero-order valence-electron chi connectivity index (χ0n) is 4.27. The van der Waals surface area contributed by atoms with E-state index in [1.165, 1.54) is 11.8 Å². The first kappa shape index (κ1) is 5.43. The molecule has 5 heteroatoms. The normalized spacial score (nSPS) is 9.12. The Bertz CT molecular complexity index is 153. The van der Waals surface area contributed by atoms with E-state index in [2.05, 4.69) is 20.6 Å². The van der Waals surface area contributed by atoms with E-state index in [4.69, 9.17) is 0 Å². The molecule has 0 aliphatic rings. The lowest BCUT2D eigenvalue weighted by molar-refractivity contribution is 0.713. The fourth-order valence-electron chi connectivity index (χ4n) is 0.282. The van der Waals surface area contributed by atoms with E-state index in [0.717, 1.165) is 5.03 Å². The van der Waals surface area contributed by atoms with Gasteiger partial charge in [-0.3, -0.25) is 0 Å². The van der Waals surface area contributed by atoms with Crippen LogP contribution < -0.4 is 0 Å². The summed E-state index contributed by atoms with van der Waals surface area (Å²) in [6.07, 6.45) is 3.48. The van der Waals surface area contributed by atoms with Gasteiger partial charge in [-0.2, -0.15) is 0 Å². The molecule has 1 aromatic rings. The van der Waals surface area contributed by atoms with Crippen LogP contribution in [0.2, 0.25) is 0 Å². The zero-order chi connectivity index (χ0) is 5.82. The second kappa shape index (κ2) is 2.56. The SMILES string of the molecule is CSc1cnnnn1. The minimum Gasteiger partial charge on any atom is -0.134 e. The molecule has 0 fully saturated rings. The molecule has 0 atom stereocenters. The number of rotatable bonds is 1. The Balaban J connectivity index is 2.83. The van der Waals surface area contributed by atoms with Gasteiger partial charge in [0.2, 0.25) is 0 Å². The smallest absolute Gasteiger partial charge is 0.134 e. The first-order chi connectivity index (χ1) is 3.93. The molecule has 0 unspecified atom stereocenters. The van der Waals surface area contributed by atoms with Crippen LogP contribution in [-0.4, -0.2) is 26.9 Å². The molecule has 0 bridgehead atoms. The van der Waals surface area contributed by atoms with Crippen molar-refractivity contribution in [3.63, 3.8) is 0 Å². The van der Waals surface area contributed by atoms with Crippen LogP contribution in [0.15, 0.2) is 11.2 Å². The lowest BCUT2D eigenvalue weighted by atomic mass is 10.9. The number of hydrogen-bond donors (Lipinski definition) is 0. The molecule has 1 rings (SSSR count). The van der Waals surface area contributed by atoms with Crippen LogP contribution in [0, 0.1) is 0 Å². The summed E-state index contributed by atoms with van der Waals surface area (Å²) in [6.45, 7) is 0. The fourth-order valence-corrected chi connectivity index (χ4v) is 0.552. The van der Waals surface area contributed by atoms with E-state index >= 15 is 0 Å². The summed E-state index contributed by atoms with van der Waals surface area (Å²) >= 11 is 1.49. The maximum atomic E-state index is 3.64. The van der Waals surface area contributed by atoms with Gasteiger partial charge in [0.1, 0.15) is 5.03 Å². The Kier molecular flexibility index (Phi) is 1.74. The van der Waals surface area contributed by atoms with Crippen molar-refractivity contribution in [2.24, 2.45) is 0 Å². The Hall–Kier alpha value is -0.710. The van der Waals surface area contributed by atoms with Gasteiger partial charge >= 0.3 is 0 Å². The second-order valence-electron chi connectivity index (χ2n) is 1.07. The van der Waals surface area contributed by atoms with Crippen molar-refractivity contribution < 1.29 is 0 Å². The predicted octanol–water partition coefficient (Wildman–Crippen LogP) is -0.0115. The highest BCUT2D eigenvalue weighted by Crippen LogP contribution is 2.04. The standard InChI is InChI=1S/C3H4N4S/c1-8-3-2-4-6-7-5-3/h2H,1H3. The van der Waals surface area contributed by atoms with Gasteiger partial charge in [-0.05, 0) is 16.7 Å². The molecule has 0 saturated carbocycles. The highest BCUT2D eigenvalue weighted by molar-refractivity contribution is 7.98. The third kappa shape index (κ3) is 1.13. The zero-order valence-corrected chi connectivity index (χ0v) is 5.09. The molecule has 8 heavy (non-hydrogen) atoms. The van der Waals surface area contributed by atoms with Crippen LogP contribution in [-0.2, 0) is 0 Å². The van der Waals surface area contributed by atoms with Crippen molar-refractivity contribution in [1.29, 1.82) is 0 Å². The third-order valence-corrected chi connectivity index (χ3v) is 1.22. The molecular weight excluding hydrogens is 124 g/mol. The number of aromatic nitrogens is 4. The summed E-state index contributed by atoms with van der Waals surface area (Å²) in [5.74, 6) is 0. The average Bonchev–Trinajstić information content (AvgIpc) is 1.90. The quantitative estimate of drug-likeness (QED) is 0.498. The molecule has 0 radical (unpaired) electrons. The molecule has 0 spiro atoms. The van der Waals surface area contributed by atoms with Gasteiger partial charge in [0.25, 0.3) is 0 Å². The maximum absolute atomic E-state index is 3.64. The summed E-state index contributed by atoms with van der Waals surface area (Å²) in [5.41, 5.74) is 0. The topological polar surface area (TPSA) is 51.6 Å². The Morgan fingerprint density at radius 3 is 2.75 bits per heavy atom. The molecule has 0 amide bonds. The van der Waals surface area contributed by atoms with Crippen LogP contribution in [0.3, 0.4) is 0 Å². The molecule has 0 aliphatic heterocycles. The van der Waals surface area contributed by atoms with Crippen molar-refractivity contribution in [1.82, 2.24) is 20.6 Å². The molecule has 42 valence electrons. The summed E-state index contributed by atoms with van der Waals surface area (Å²) < 4.78 is 0. The second-order valence-corrected chi connectivity index (χ2v) is 1.89. The Labute approximate surface area is 50.7 Å². The van der Waals surface area contributed by atoms with Crippen molar-refractivity contribution in [3.8, 4) is 0 Å². The van der Waals surface area contributed by atoms with Crippen LogP contribution in [0.4, 0.5) is 0 Å². The fraction of sp³-hybridized carbons (Fsp3) is 0.333. The predicted molar refractivity (Wildman–Crippen MR) is 29.4 cm³/mol. The molecule has 1 heterocycles. The van der Waals surface area contributed by atoms with E-state index < -0.39 is 0 Å². The molecule has 0 saturated heterocycles. The average molecular weight is 128 g/mol. The van der Waals surface area contributed by atoms with Gasteiger partial charge in [0.05, 0.1) is 6.20 Å². The minimum absolute atomic E-state index is 0.792. The third-order valence-electron chi connectivity index (χ3n) is 0.612. The first-order valence-electron chi connectivity index (χ1n) is 1.98. The van der Waals surface area contributed by atoms with Crippen molar-refractivity contribution >= 4 is 11.8 Å². The Morgan fingerprint density at radius 1 is 1.50 bits per heavy atom. The largest absolute Gasteiger partial charge is 0.141 e. The van der Waals surface area contributed by atoms with Gasteiger partial charge in [0.15, 0.2) is 0 Å². The summed E-state index contributed by atoms with van der Waals surface area (Å²) in [6, 6.07) is 0. The van der Waals surface area contributed by atoms with E-state index in [9.17, 15) is 0 Å². The van der Waals surface area contributed by atoms with E-state index in [0.29, 0.717) is 0 Å². The molecular formula is C3H4N4S. The number of nitrogens with zero attached hydrogens (tertiary/aromatic N) is 4. The van der Waals surface area contributed by atoms with Gasteiger partial charge in [-0.1, -0.05) is 0 Å². The molecule has 1 aromatic heterocycles. The first-order valence-corrected chi connectivity index (χ1v) is 3.21. The number of thioether (sulfide) groups is 1. The van der Waals surface area contributed by atoms with Crippen molar-refractivity contribution in [2.75, 3.05) is 6.26 Å². The summed E-state index contributed by atoms with van der Waals surface area (Å²) in [4.78, 5) is 0. The van der Waals surface area contributed by atoms with Crippen molar-refractivity contribution in [2.45, 2.75) is 5.03 Å². The monoisotopic (exact) mass is 128 g/mol. The van der Waals surface area contributed by atoms with E-state index in [1.54, 1.807) is 6.20 Å². The lowest BCUT2D eigenvalue weighted by Crippen LogP contribution is -1.89. The molecule has 0 aromatic carbocycles. The van der Waals surface area contributed by atoms with Gasteiger partial charge in [0, 0.05) is 0 Å². The molecule has 4 nitrogen and oxygen atoms in total. The highest BCUT2D eigenvalue weighted by Gasteiger charge is 1.86. The van der Waals surface area contributed by atoms with E-state index in [1.807, 2.05) is 6.26 Å². The van der Waals surface area contributed by atoms with Gasteiger partial charge in [-0.25, -0.2) is 0 Å². The Morgan fingerprint density at radius 2 is 2.38 bits per heavy atom. The van der Waals surface area contributed by atoms with Gasteiger partial charge in [-0.15, -0.1) is 22.0 Å². The van der Waals surface area contributed by atoms with Gasteiger partial charge < -0.3 is 0 Å².